The number of para-hydroxylation sites is 1. The van der Waals surface area contributed by atoms with E-state index >= 15 is 0 Å². The molecule has 0 saturated heterocycles. The number of hydrogen-bond donors (Lipinski definition) is 3. The summed E-state index contributed by atoms with van der Waals surface area (Å²) in [5.41, 5.74) is 7.60. The number of hydrogen-bond acceptors (Lipinski definition) is 7. The second kappa shape index (κ2) is 7.78. The number of rotatable bonds is 6. The molecule has 4 aromatic rings. The van der Waals surface area contributed by atoms with E-state index in [0.717, 1.165) is 5.69 Å². The zero-order chi connectivity index (χ0) is 21.3. The first kappa shape index (κ1) is 19.3. The molecule has 0 bridgehead atoms. The van der Waals surface area contributed by atoms with Gasteiger partial charge in [0.05, 0.1) is 17.7 Å². The fourth-order valence-corrected chi connectivity index (χ4v) is 3.08. The second-order valence-corrected chi connectivity index (χ2v) is 6.61. The number of nitrogen functional groups attached to an aromatic ring is 1. The van der Waals surface area contributed by atoms with Crippen LogP contribution in [0.25, 0.3) is 11.2 Å². The van der Waals surface area contributed by atoms with Crippen LogP contribution >= 0.6 is 0 Å². The molecule has 1 amide bonds. The van der Waals surface area contributed by atoms with E-state index in [2.05, 4.69) is 30.7 Å². The van der Waals surface area contributed by atoms with Gasteiger partial charge in [-0.15, -0.1) is 0 Å². The van der Waals surface area contributed by atoms with Gasteiger partial charge in [-0.3, -0.25) is 4.79 Å². The van der Waals surface area contributed by atoms with Crippen molar-refractivity contribution in [2.45, 2.75) is 26.9 Å². The average molecular weight is 409 g/mol. The molecule has 0 aliphatic heterocycles. The number of nitrogens with zero attached hydrogens (tertiary/aromatic N) is 6. The van der Waals surface area contributed by atoms with Crippen LogP contribution in [0.1, 0.15) is 12.6 Å². The van der Waals surface area contributed by atoms with Crippen LogP contribution in [0.3, 0.4) is 0 Å². The minimum atomic E-state index is -0.440. The van der Waals surface area contributed by atoms with Crippen molar-refractivity contribution in [1.29, 1.82) is 0 Å². The summed E-state index contributed by atoms with van der Waals surface area (Å²) >= 11 is 0. The topological polar surface area (TPSA) is 129 Å². The van der Waals surface area contributed by atoms with Gasteiger partial charge in [0.1, 0.15) is 18.2 Å². The highest BCUT2D eigenvalue weighted by Crippen LogP contribution is 2.25. The fourth-order valence-electron chi connectivity index (χ4n) is 3.08. The van der Waals surface area contributed by atoms with Gasteiger partial charge in [-0.05, 0) is 26.0 Å². The summed E-state index contributed by atoms with van der Waals surface area (Å²) in [5.74, 6) is 0.124. The number of carbonyl (C=O) groups is 1. The van der Waals surface area contributed by atoms with Gasteiger partial charge in [0.25, 0.3) is 0 Å². The third kappa shape index (κ3) is 3.77. The number of fused-ring (bicyclic) bond motifs is 1. The van der Waals surface area contributed by atoms with Gasteiger partial charge in [0.2, 0.25) is 11.9 Å². The van der Waals surface area contributed by atoms with Crippen molar-refractivity contribution in [3.8, 4) is 0 Å². The van der Waals surface area contributed by atoms with Crippen molar-refractivity contribution in [3.63, 3.8) is 0 Å². The largest absolute Gasteiger partial charge is 0.368 e. The van der Waals surface area contributed by atoms with Gasteiger partial charge in [0, 0.05) is 12.6 Å². The molecule has 0 unspecified atom stereocenters. The average Bonchev–Trinajstić information content (AvgIpc) is 3.26. The number of carbonyl (C=O) groups excluding carboxylic acids is 1. The van der Waals surface area contributed by atoms with Gasteiger partial charge in [0.15, 0.2) is 17.0 Å². The maximum absolute atomic E-state index is 14.0. The molecule has 154 valence electrons. The molecule has 4 N–H and O–H groups in total. The maximum Gasteiger partial charge on any atom is 0.245 e. The zero-order valence-corrected chi connectivity index (χ0v) is 16.4. The van der Waals surface area contributed by atoms with Crippen LogP contribution in [-0.2, 0) is 17.9 Å². The fraction of sp³-hybridized carbons (Fsp3) is 0.211. The predicted octanol–water partition coefficient (Wildman–Crippen LogP) is 2.45. The van der Waals surface area contributed by atoms with Gasteiger partial charge < -0.3 is 20.9 Å². The number of halogens is 1. The van der Waals surface area contributed by atoms with Crippen LogP contribution in [-0.4, -0.2) is 35.2 Å². The van der Waals surface area contributed by atoms with E-state index < -0.39 is 5.82 Å². The van der Waals surface area contributed by atoms with Gasteiger partial charge in [-0.25, -0.2) is 14.1 Å². The molecular weight excluding hydrogens is 389 g/mol. The molecule has 0 radical (unpaired) electrons. The first-order valence-corrected chi connectivity index (χ1v) is 9.28. The van der Waals surface area contributed by atoms with Gasteiger partial charge in [-0.1, -0.05) is 12.1 Å². The van der Waals surface area contributed by atoms with Crippen LogP contribution in [0, 0.1) is 12.7 Å². The summed E-state index contributed by atoms with van der Waals surface area (Å²) in [6.07, 6.45) is 1.47. The maximum atomic E-state index is 14.0. The minimum absolute atomic E-state index is 0.0248. The highest BCUT2D eigenvalue weighted by molar-refractivity contribution is 5.92. The van der Waals surface area contributed by atoms with E-state index in [1.165, 1.54) is 12.4 Å². The number of aryl methyl sites for hydroxylation is 2. The van der Waals surface area contributed by atoms with Crippen molar-refractivity contribution < 1.29 is 9.18 Å². The molecule has 0 saturated carbocycles. The number of nitrogens with two attached hydrogens (primary N) is 1. The number of anilines is 4. The van der Waals surface area contributed by atoms with E-state index in [9.17, 15) is 9.18 Å². The van der Waals surface area contributed by atoms with Crippen molar-refractivity contribution in [2.24, 2.45) is 0 Å². The third-order valence-electron chi connectivity index (χ3n) is 4.39. The summed E-state index contributed by atoms with van der Waals surface area (Å²) < 4.78 is 17.3. The zero-order valence-electron chi connectivity index (χ0n) is 16.4. The third-order valence-corrected chi connectivity index (χ3v) is 4.39. The van der Waals surface area contributed by atoms with Gasteiger partial charge in [-0.2, -0.15) is 15.1 Å². The first-order valence-electron chi connectivity index (χ1n) is 9.28. The SMILES string of the molecule is CCn1nc(C)cc1NC(=O)Cn1cnc2c(Nc3ccccc3F)nc(N)nc21. The Morgan fingerprint density at radius 3 is 2.83 bits per heavy atom. The first-order chi connectivity index (χ1) is 14.4. The summed E-state index contributed by atoms with van der Waals surface area (Å²) in [5, 5.41) is 10.0. The lowest BCUT2D eigenvalue weighted by molar-refractivity contribution is -0.116. The van der Waals surface area contributed by atoms with Crippen molar-refractivity contribution in [2.75, 3.05) is 16.4 Å². The summed E-state index contributed by atoms with van der Waals surface area (Å²) in [4.78, 5) is 25.2. The Kier molecular flexibility index (Phi) is 5.00. The summed E-state index contributed by atoms with van der Waals surface area (Å²) in [6.45, 7) is 4.39. The Bertz CT molecular complexity index is 1230. The molecule has 0 aliphatic rings. The Morgan fingerprint density at radius 1 is 1.27 bits per heavy atom. The molecule has 0 fully saturated rings. The molecule has 11 heteroatoms. The van der Waals surface area contributed by atoms with Crippen LogP contribution in [0.5, 0.6) is 0 Å². The lowest BCUT2D eigenvalue weighted by Gasteiger charge is -2.09. The van der Waals surface area contributed by atoms with Crippen molar-refractivity contribution in [3.05, 3.63) is 48.2 Å². The van der Waals surface area contributed by atoms with Crippen molar-refractivity contribution in [1.82, 2.24) is 29.3 Å². The number of nitrogens with one attached hydrogen (secondary N) is 2. The van der Waals surface area contributed by atoms with Crippen LogP contribution in [0.15, 0.2) is 36.7 Å². The minimum Gasteiger partial charge on any atom is -0.368 e. The quantitative estimate of drug-likeness (QED) is 0.446. The molecule has 30 heavy (non-hydrogen) atoms. The van der Waals surface area contributed by atoms with Crippen molar-refractivity contribution >= 4 is 40.3 Å². The molecule has 0 aliphatic carbocycles. The second-order valence-electron chi connectivity index (χ2n) is 6.61. The van der Waals surface area contributed by atoms with E-state index in [-0.39, 0.29) is 29.9 Å². The molecule has 10 nitrogen and oxygen atoms in total. The normalized spacial score (nSPS) is 11.0. The van der Waals surface area contributed by atoms with E-state index in [1.807, 2.05) is 13.8 Å². The Labute approximate surface area is 171 Å². The van der Waals surface area contributed by atoms with Gasteiger partial charge >= 0.3 is 0 Å². The number of imidazole rings is 1. The highest BCUT2D eigenvalue weighted by atomic mass is 19.1. The highest BCUT2D eigenvalue weighted by Gasteiger charge is 2.16. The van der Waals surface area contributed by atoms with E-state index in [1.54, 1.807) is 33.5 Å². The number of aromatic nitrogens is 6. The van der Waals surface area contributed by atoms with Crippen LogP contribution < -0.4 is 16.4 Å². The standard InChI is InChI=1S/C19H20FN9O/c1-3-29-14(8-11(2)27-29)24-15(30)9-28-10-22-16-17(25-19(21)26-18(16)28)23-13-7-5-4-6-12(13)20/h4-8,10H,3,9H2,1-2H3,(H,24,30)(H3,21,23,25,26). The predicted molar refractivity (Wildman–Crippen MR) is 111 cm³/mol. The molecule has 1 aromatic carbocycles. The molecule has 0 atom stereocenters. The van der Waals surface area contributed by atoms with Crippen LogP contribution in [0.2, 0.25) is 0 Å². The lowest BCUT2D eigenvalue weighted by atomic mass is 10.3. The van der Waals surface area contributed by atoms with Crippen LogP contribution in [0.4, 0.5) is 27.7 Å². The summed E-state index contributed by atoms with van der Waals surface area (Å²) in [7, 11) is 0. The lowest BCUT2D eigenvalue weighted by Crippen LogP contribution is -2.20. The Balaban J connectivity index is 1.60. The van der Waals surface area contributed by atoms with E-state index in [0.29, 0.717) is 23.5 Å². The monoisotopic (exact) mass is 409 g/mol. The molecule has 3 aromatic heterocycles. The molecule has 4 rings (SSSR count). The Hall–Kier alpha value is -4.02. The van der Waals surface area contributed by atoms with E-state index in [4.69, 9.17) is 5.73 Å². The number of benzene rings is 1. The molecular formula is C19H20FN9O. The Morgan fingerprint density at radius 2 is 2.07 bits per heavy atom. The number of amides is 1. The smallest absolute Gasteiger partial charge is 0.245 e. The molecule has 0 spiro atoms. The summed E-state index contributed by atoms with van der Waals surface area (Å²) in [6, 6.07) is 7.98. The molecule has 3 heterocycles.